The van der Waals surface area contributed by atoms with Crippen LogP contribution in [0.25, 0.3) is 10.6 Å². The molecule has 0 saturated carbocycles. The van der Waals surface area contributed by atoms with Gasteiger partial charge in [-0.25, -0.2) is 4.98 Å². The van der Waals surface area contributed by atoms with Crippen molar-refractivity contribution in [2.45, 2.75) is 13.8 Å². The van der Waals surface area contributed by atoms with Gasteiger partial charge in [-0.1, -0.05) is 0 Å². The Hall–Kier alpha value is -1.88. The summed E-state index contributed by atoms with van der Waals surface area (Å²) in [6, 6.07) is 5.81. The molecule has 0 unspecified atom stereocenters. The Morgan fingerprint density at radius 1 is 1.39 bits per heavy atom. The number of hydrogen-bond acceptors (Lipinski definition) is 4. The first-order valence-corrected chi connectivity index (χ1v) is 6.27. The van der Waals surface area contributed by atoms with Crippen molar-refractivity contribution in [2.24, 2.45) is 5.73 Å². The van der Waals surface area contributed by atoms with Crippen molar-refractivity contribution in [3.8, 4) is 16.3 Å². The van der Waals surface area contributed by atoms with E-state index in [1.807, 2.05) is 25.1 Å². The molecule has 0 atom stereocenters. The first kappa shape index (κ1) is 12.6. The summed E-state index contributed by atoms with van der Waals surface area (Å²) in [4.78, 5) is 16.1. The molecule has 0 bridgehead atoms. The molecule has 18 heavy (non-hydrogen) atoms. The number of aromatic nitrogens is 1. The van der Waals surface area contributed by atoms with Gasteiger partial charge in [-0.2, -0.15) is 0 Å². The van der Waals surface area contributed by atoms with Crippen molar-refractivity contribution < 1.29 is 9.53 Å². The van der Waals surface area contributed by atoms with E-state index in [0.29, 0.717) is 10.6 Å². The Morgan fingerprint density at radius 2 is 2.11 bits per heavy atom. The number of rotatable bonds is 3. The lowest BCUT2D eigenvalue weighted by Crippen LogP contribution is -2.09. The van der Waals surface area contributed by atoms with Crippen LogP contribution in [0.1, 0.15) is 20.9 Å². The van der Waals surface area contributed by atoms with Gasteiger partial charge in [0.2, 0.25) is 0 Å². The summed E-state index contributed by atoms with van der Waals surface area (Å²) in [5.74, 6) is 0.406. The lowest BCUT2D eigenvalue weighted by molar-refractivity contribution is 0.100. The first-order valence-electron chi connectivity index (χ1n) is 5.45. The molecule has 1 heterocycles. The second-order valence-electron chi connectivity index (χ2n) is 3.98. The van der Waals surface area contributed by atoms with E-state index in [4.69, 9.17) is 10.5 Å². The van der Waals surface area contributed by atoms with E-state index in [1.54, 1.807) is 14.0 Å². The predicted molar refractivity (Wildman–Crippen MR) is 72.1 cm³/mol. The molecule has 2 aromatic rings. The van der Waals surface area contributed by atoms with E-state index in [9.17, 15) is 4.79 Å². The highest BCUT2D eigenvalue weighted by Gasteiger charge is 2.14. The molecule has 0 aliphatic rings. The third-order valence-electron chi connectivity index (χ3n) is 2.66. The Labute approximate surface area is 109 Å². The summed E-state index contributed by atoms with van der Waals surface area (Å²) in [6.45, 7) is 3.76. The summed E-state index contributed by atoms with van der Waals surface area (Å²) in [5.41, 5.74) is 7.97. The monoisotopic (exact) mass is 262 g/mol. The fraction of sp³-hybridized carbons (Fsp3) is 0.231. The average Bonchev–Trinajstić information content (AvgIpc) is 2.71. The predicted octanol–water partition coefficient (Wildman–Crippen LogP) is 2.53. The lowest BCUT2D eigenvalue weighted by atomic mass is 10.1. The zero-order valence-electron chi connectivity index (χ0n) is 10.5. The van der Waals surface area contributed by atoms with Crippen LogP contribution in [-0.2, 0) is 0 Å². The molecule has 0 aliphatic carbocycles. The van der Waals surface area contributed by atoms with Crippen LogP contribution in [0.2, 0.25) is 0 Å². The fourth-order valence-corrected chi connectivity index (χ4v) is 2.67. The molecule has 2 N–H and O–H groups in total. The minimum atomic E-state index is -0.429. The number of benzene rings is 1. The van der Waals surface area contributed by atoms with Gasteiger partial charge in [0.25, 0.3) is 5.91 Å². The van der Waals surface area contributed by atoms with Crippen LogP contribution in [0, 0.1) is 13.8 Å². The SMILES string of the molecule is COc1ccc(-c2nc(C)c(C(N)=O)s2)cc1C. The van der Waals surface area contributed by atoms with Crippen LogP contribution < -0.4 is 10.5 Å². The van der Waals surface area contributed by atoms with Gasteiger partial charge in [0.15, 0.2) is 0 Å². The van der Waals surface area contributed by atoms with Gasteiger partial charge in [-0.05, 0) is 37.6 Å². The molecule has 5 heteroatoms. The highest BCUT2D eigenvalue weighted by Crippen LogP contribution is 2.30. The number of amides is 1. The molecule has 2 rings (SSSR count). The summed E-state index contributed by atoms with van der Waals surface area (Å²) in [7, 11) is 1.64. The van der Waals surface area contributed by atoms with E-state index < -0.39 is 5.91 Å². The third-order valence-corrected chi connectivity index (χ3v) is 3.88. The van der Waals surface area contributed by atoms with Gasteiger partial charge in [0, 0.05) is 5.56 Å². The smallest absolute Gasteiger partial charge is 0.260 e. The number of ether oxygens (including phenoxy) is 1. The fourth-order valence-electron chi connectivity index (χ4n) is 1.76. The molecule has 0 radical (unpaired) electrons. The second kappa shape index (κ2) is 4.78. The Bertz CT molecular complexity index is 605. The molecular formula is C13H14N2O2S. The number of carbonyl (C=O) groups excluding carboxylic acids is 1. The van der Waals surface area contributed by atoms with Crippen molar-refractivity contribution in [3.05, 3.63) is 34.3 Å². The Balaban J connectivity index is 2.46. The number of carbonyl (C=O) groups is 1. The zero-order valence-corrected chi connectivity index (χ0v) is 11.3. The van der Waals surface area contributed by atoms with Crippen molar-refractivity contribution in [1.82, 2.24) is 4.98 Å². The maximum atomic E-state index is 11.2. The molecule has 0 spiro atoms. The standard InChI is InChI=1S/C13H14N2O2S/c1-7-6-9(4-5-10(7)17-3)13-15-8(2)11(18-13)12(14)16/h4-6H,1-3H3,(H2,14,16). The van der Waals surface area contributed by atoms with Crippen molar-refractivity contribution in [1.29, 1.82) is 0 Å². The lowest BCUT2D eigenvalue weighted by Gasteiger charge is -2.05. The minimum absolute atomic E-state index is 0.429. The van der Waals surface area contributed by atoms with Gasteiger partial charge in [0.1, 0.15) is 15.6 Å². The van der Waals surface area contributed by atoms with Gasteiger partial charge in [-0.3, -0.25) is 4.79 Å². The molecule has 0 fully saturated rings. The normalized spacial score (nSPS) is 10.4. The van der Waals surface area contributed by atoms with Crippen LogP contribution in [0.3, 0.4) is 0 Å². The Morgan fingerprint density at radius 3 is 2.61 bits per heavy atom. The summed E-state index contributed by atoms with van der Waals surface area (Å²) >= 11 is 1.32. The van der Waals surface area contributed by atoms with Crippen LogP contribution in [-0.4, -0.2) is 18.0 Å². The zero-order chi connectivity index (χ0) is 13.3. The van der Waals surface area contributed by atoms with Crippen molar-refractivity contribution in [2.75, 3.05) is 7.11 Å². The number of methoxy groups -OCH3 is 1. The molecule has 1 aromatic heterocycles. The summed E-state index contributed by atoms with van der Waals surface area (Å²) in [6.07, 6.45) is 0. The number of nitrogens with zero attached hydrogens (tertiary/aromatic N) is 1. The highest BCUT2D eigenvalue weighted by molar-refractivity contribution is 7.17. The highest BCUT2D eigenvalue weighted by atomic mass is 32.1. The maximum Gasteiger partial charge on any atom is 0.260 e. The van der Waals surface area contributed by atoms with E-state index >= 15 is 0 Å². The van der Waals surface area contributed by atoms with Gasteiger partial charge in [-0.15, -0.1) is 11.3 Å². The van der Waals surface area contributed by atoms with Crippen LogP contribution in [0.15, 0.2) is 18.2 Å². The number of primary amides is 1. The van der Waals surface area contributed by atoms with Crippen molar-refractivity contribution in [3.63, 3.8) is 0 Å². The summed E-state index contributed by atoms with van der Waals surface area (Å²) < 4.78 is 5.21. The summed E-state index contributed by atoms with van der Waals surface area (Å²) in [5, 5.41) is 0.798. The minimum Gasteiger partial charge on any atom is -0.496 e. The first-order chi connectivity index (χ1) is 8.52. The molecule has 0 saturated heterocycles. The van der Waals surface area contributed by atoms with Gasteiger partial charge in [0.05, 0.1) is 12.8 Å². The van der Waals surface area contributed by atoms with E-state index in [1.165, 1.54) is 11.3 Å². The van der Waals surface area contributed by atoms with Crippen molar-refractivity contribution >= 4 is 17.2 Å². The number of aryl methyl sites for hydroxylation is 2. The topological polar surface area (TPSA) is 65.2 Å². The second-order valence-corrected chi connectivity index (χ2v) is 4.98. The molecule has 1 aromatic carbocycles. The number of hydrogen-bond donors (Lipinski definition) is 1. The molecular weight excluding hydrogens is 248 g/mol. The average molecular weight is 262 g/mol. The Kier molecular flexibility index (Phi) is 3.34. The molecule has 4 nitrogen and oxygen atoms in total. The third kappa shape index (κ3) is 2.22. The van der Waals surface area contributed by atoms with E-state index in [2.05, 4.69) is 4.98 Å². The van der Waals surface area contributed by atoms with Gasteiger partial charge < -0.3 is 10.5 Å². The van der Waals surface area contributed by atoms with Crippen LogP contribution >= 0.6 is 11.3 Å². The van der Waals surface area contributed by atoms with Gasteiger partial charge >= 0.3 is 0 Å². The number of nitrogens with two attached hydrogens (primary N) is 1. The maximum absolute atomic E-state index is 11.2. The van der Waals surface area contributed by atoms with Crippen LogP contribution in [0.5, 0.6) is 5.75 Å². The largest absolute Gasteiger partial charge is 0.496 e. The van der Waals surface area contributed by atoms with E-state index in [0.717, 1.165) is 21.9 Å². The quantitative estimate of drug-likeness (QED) is 0.924. The molecule has 0 aliphatic heterocycles. The van der Waals surface area contributed by atoms with Crippen LogP contribution in [0.4, 0.5) is 0 Å². The number of thiazole rings is 1. The van der Waals surface area contributed by atoms with E-state index in [-0.39, 0.29) is 0 Å². The molecule has 94 valence electrons. The molecule has 1 amide bonds.